The van der Waals surface area contributed by atoms with Crippen molar-refractivity contribution in [2.75, 3.05) is 61.8 Å². The first-order valence-electron chi connectivity index (χ1n) is 14.3. The van der Waals surface area contributed by atoms with Crippen LogP contribution in [0, 0.1) is 0 Å². The van der Waals surface area contributed by atoms with Crippen LogP contribution in [0.1, 0.15) is 25.3 Å². The number of hydrogen-bond donors (Lipinski definition) is 2. The molecule has 4 aromatic rings. The molecule has 0 spiro atoms. The van der Waals surface area contributed by atoms with Crippen LogP contribution in [0.5, 0.6) is 0 Å². The first-order valence-corrected chi connectivity index (χ1v) is 15.8. The van der Waals surface area contributed by atoms with Crippen LogP contribution in [0.2, 0.25) is 0 Å². The summed E-state index contributed by atoms with van der Waals surface area (Å²) < 4.78 is 29.7. The lowest BCUT2D eigenvalue weighted by Gasteiger charge is -2.34. The van der Waals surface area contributed by atoms with Crippen molar-refractivity contribution in [1.82, 2.24) is 28.7 Å². The van der Waals surface area contributed by atoms with E-state index >= 15 is 0 Å². The van der Waals surface area contributed by atoms with E-state index in [1.807, 2.05) is 34.9 Å². The molecule has 2 aromatic carbocycles. The van der Waals surface area contributed by atoms with Crippen LogP contribution in [0.25, 0.3) is 11.2 Å². The third-order valence-corrected chi connectivity index (χ3v) is 10.6. The lowest BCUT2D eigenvalue weighted by Crippen LogP contribution is -2.44. The molecule has 0 unspecified atom stereocenters. The number of rotatable bonds is 8. The van der Waals surface area contributed by atoms with E-state index in [1.54, 1.807) is 10.5 Å². The highest BCUT2D eigenvalue weighted by Gasteiger charge is 2.43. The van der Waals surface area contributed by atoms with Gasteiger partial charge in [-0.1, -0.05) is 18.2 Å². The predicted octanol–water partition coefficient (Wildman–Crippen LogP) is 3.80. The summed E-state index contributed by atoms with van der Waals surface area (Å²) in [4.78, 5) is 19.0. The Morgan fingerprint density at radius 3 is 2.29 bits per heavy atom. The number of likely N-dealkylation sites (N-methyl/N-ethyl adjacent to an activating group) is 1. The van der Waals surface area contributed by atoms with Gasteiger partial charge in [0.2, 0.25) is 21.9 Å². The fourth-order valence-corrected chi connectivity index (χ4v) is 7.61. The van der Waals surface area contributed by atoms with Crippen molar-refractivity contribution >= 4 is 50.1 Å². The van der Waals surface area contributed by atoms with Crippen molar-refractivity contribution in [2.24, 2.45) is 0 Å². The van der Waals surface area contributed by atoms with Crippen LogP contribution in [0.15, 0.2) is 60.8 Å². The summed E-state index contributed by atoms with van der Waals surface area (Å²) in [6.07, 6.45) is 3.94. The number of fused-ring (bicyclic) bond motifs is 1. The second kappa shape index (κ2) is 10.6. The van der Waals surface area contributed by atoms with Crippen LogP contribution in [-0.4, -0.2) is 88.7 Å². The van der Waals surface area contributed by atoms with E-state index in [0.29, 0.717) is 42.6 Å². The van der Waals surface area contributed by atoms with Gasteiger partial charge in [0.1, 0.15) is 5.52 Å². The van der Waals surface area contributed by atoms with Gasteiger partial charge in [0.15, 0.2) is 5.65 Å². The number of hydrogen-bond acceptors (Lipinski definition) is 9. The normalized spacial score (nSPS) is 20.5. The molecule has 1 aliphatic carbocycles. The minimum absolute atomic E-state index is 0.0923. The molecule has 0 radical (unpaired) electrons. The van der Waals surface area contributed by atoms with Gasteiger partial charge in [-0.05, 0) is 62.7 Å². The zero-order chi connectivity index (χ0) is 28.0. The van der Waals surface area contributed by atoms with Crippen molar-refractivity contribution < 1.29 is 8.42 Å². The van der Waals surface area contributed by atoms with Gasteiger partial charge in [-0.3, -0.25) is 4.57 Å². The van der Waals surface area contributed by atoms with Gasteiger partial charge in [-0.25, -0.2) is 18.4 Å². The van der Waals surface area contributed by atoms with E-state index < -0.39 is 10.0 Å². The fraction of sp³-hybridized carbons (Fsp3) is 0.414. The van der Waals surface area contributed by atoms with Crippen LogP contribution in [0.4, 0.5) is 29.0 Å². The molecule has 7 rings (SSSR count). The molecule has 3 aliphatic rings. The number of anilines is 5. The number of piperazine rings is 1. The Balaban J connectivity index is 1.17. The second-order valence-corrected chi connectivity index (χ2v) is 13.4. The van der Waals surface area contributed by atoms with Crippen molar-refractivity contribution in [1.29, 1.82) is 0 Å². The van der Waals surface area contributed by atoms with Crippen LogP contribution >= 0.6 is 0 Å². The molecular weight excluding hydrogens is 538 g/mol. The maximum atomic E-state index is 13.0. The van der Waals surface area contributed by atoms with Gasteiger partial charge in [-0.2, -0.15) is 9.29 Å². The summed E-state index contributed by atoms with van der Waals surface area (Å²) in [5, 5.41) is 6.56. The van der Waals surface area contributed by atoms with E-state index in [9.17, 15) is 8.42 Å². The van der Waals surface area contributed by atoms with Gasteiger partial charge < -0.3 is 20.4 Å². The van der Waals surface area contributed by atoms with E-state index in [4.69, 9.17) is 9.97 Å². The Morgan fingerprint density at radius 2 is 1.56 bits per heavy atom. The average molecular weight is 574 g/mol. The van der Waals surface area contributed by atoms with Gasteiger partial charge in [0.25, 0.3) is 0 Å². The molecule has 11 nitrogen and oxygen atoms in total. The minimum Gasteiger partial charge on any atom is -0.369 e. The molecule has 1 saturated carbocycles. The third-order valence-electron chi connectivity index (χ3n) is 8.25. The Labute approximate surface area is 240 Å². The maximum Gasteiger partial charge on any atom is 0.229 e. The highest BCUT2D eigenvalue weighted by atomic mass is 32.2. The molecule has 2 aromatic heterocycles. The van der Waals surface area contributed by atoms with E-state index in [0.717, 1.165) is 50.4 Å². The smallest absolute Gasteiger partial charge is 0.229 e. The zero-order valence-corrected chi connectivity index (χ0v) is 24.0. The molecule has 41 heavy (non-hydrogen) atoms. The number of benzene rings is 2. The lowest BCUT2D eigenvalue weighted by atomic mass is 10.2. The zero-order valence-electron chi connectivity index (χ0n) is 23.1. The number of nitrogens with zero attached hydrogens (tertiary/aromatic N) is 7. The van der Waals surface area contributed by atoms with Crippen LogP contribution < -0.4 is 15.5 Å². The second-order valence-electron chi connectivity index (χ2n) is 11.2. The first kappa shape index (κ1) is 26.2. The number of nitrogens with one attached hydrogen (secondary N) is 2. The number of aromatic nitrogens is 4. The Hall–Kier alpha value is -3.74. The summed E-state index contributed by atoms with van der Waals surface area (Å²) in [6.45, 7) is 5.08. The molecule has 0 amide bonds. The SMILES string of the molecule is CN1CCN(c2ccc(Nc3ncc4nc(Nc5ccccc5)n([C@@H]5CCN(S(=O)(=O)C6CC6)C5)c4n3)cc2)CC1. The van der Waals surface area contributed by atoms with Gasteiger partial charge in [-0.15, -0.1) is 0 Å². The monoisotopic (exact) mass is 573 g/mol. The van der Waals surface area contributed by atoms with E-state index in [1.165, 1.54) is 5.69 Å². The molecule has 2 saturated heterocycles. The van der Waals surface area contributed by atoms with Gasteiger partial charge in [0, 0.05) is 56.3 Å². The van der Waals surface area contributed by atoms with Crippen LogP contribution in [0.3, 0.4) is 0 Å². The molecule has 3 fully saturated rings. The third kappa shape index (κ3) is 5.34. The highest BCUT2D eigenvalue weighted by molar-refractivity contribution is 7.90. The molecular formula is C29H35N9O2S. The summed E-state index contributed by atoms with van der Waals surface area (Å²) >= 11 is 0. The van der Waals surface area contributed by atoms with Gasteiger partial charge >= 0.3 is 0 Å². The average Bonchev–Trinajstić information content (AvgIpc) is 3.64. The standard InChI is InChI=1S/C29H35N9O2S/c1-35-15-17-36(18-16-35)23-9-7-22(8-10-23)31-28-30-19-26-27(34-28)38(29(33-26)32-21-5-3-2-4-6-21)24-13-14-37(20-24)41(39,40)25-11-12-25/h2-10,19,24-25H,11-18,20H2,1H3,(H,32,33)(H,30,31,34)/t24-/m1/s1. The largest absolute Gasteiger partial charge is 0.369 e. The van der Waals surface area contributed by atoms with Crippen molar-refractivity contribution in [2.45, 2.75) is 30.6 Å². The first-order chi connectivity index (χ1) is 19.9. The van der Waals surface area contributed by atoms with Crippen LogP contribution in [-0.2, 0) is 10.0 Å². The minimum atomic E-state index is -3.25. The summed E-state index contributed by atoms with van der Waals surface area (Å²) in [7, 11) is -1.09. The molecule has 12 heteroatoms. The molecule has 214 valence electrons. The predicted molar refractivity (Wildman–Crippen MR) is 162 cm³/mol. The number of para-hydroxylation sites is 1. The summed E-state index contributed by atoms with van der Waals surface area (Å²) in [6, 6.07) is 18.1. The number of sulfonamides is 1. The summed E-state index contributed by atoms with van der Waals surface area (Å²) in [5.41, 5.74) is 4.34. The fourth-order valence-electron chi connectivity index (χ4n) is 5.71. The Morgan fingerprint density at radius 1 is 0.829 bits per heavy atom. The molecule has 1 atom stereocenters. The Kier molecular flexibility index (Phi) is 6.76. The quantitative estimate of drug-likeness (QED) is 0.325. The van der Waals surface area contributed by atoms with E-state index in [-0.39, 0.29) is 11.3 Å². The molecule has 0 bridgehead atoms. The summed E-state index contributed by atoms with van der Waals surface area (Å²) in [5.74, 6) is 1.10. The lowest BCUT2D eigenvalue weighted by molar-refractivity contribution is 0.313. The Bertz CT molecular complexity index is 1630. The topological polar surface area (TPSA) is 112 Å². The van der Waals surface area contributed by atoms with Crippen molar-refractivity contribution in [3.63, 3.8) is 0 Å². The highest BCUT2D eigenvalue weighted by Crippen LogP contribution is 2.37. The maximum absolute atomic E-state index is 13.0. The molecule has 4 heterocycles. The van der Waals surface area contributed by atoms with E-state index in [2.05, 4.69) is 56.7 Å². The van der Waals surface area contributed by atoms with Crippen molar-refractivity contribution in [3.8, 4) is 0 Å². The molecule has 2 N–H and O–H groups in total. The van der Waals surface area contributed by atoms with Gasteiger partial charge in [0.05, 0.1) is 17.5 Å². The van der Waals surface area contributed by atoms with Crippen molar-refractivity contribution in [3.05, 3.63) is 60.8 Å². The molecule has 2 aliphatic heterocycles. The number of imidazole rings is 1.